The number of nitrogens with zero attached hydrogens (tertiary/aromatic N) is 1. The monoisotopic (exact) mass is 400 g/mol. The molecule has 0 aromatic heterocycles. The van der Waals surface area contributed by atoms with Gasteiger partial charge in [0.05, 0.1) is 6.54 Å². The van der Waals surface area contributed by atoms with E-state index in [0.717, 1.165) is 28.7 Å². The van der Waals surface area contributed by atoms with Crippen LogP contribution in [0.2, 0.25) is 0 Å². The number of rotatable bonds is 4. The second-order valence-electron chi connectivity index (χ2n) is 8.32. The lowest BCUT2D eigenvalue weighted by Crippen LogP contribution is -2.42. The summed E-state index contributed by atoms with van der Waals surface area (Å²) in [6.45, 7) is 6.93. The molecule has 2 aromatic rings. The number of hydrogen-bond acceptors (Lipinski definition) is 3. The van der Waals surface area contributed by atoms with Gasteiger partial charge in [-0.05, 0) is 36.1 Å². The van der Waals surface area contributed by atoms with Crippen molar-refractivity contribution in [3.05, 3.63) is 70.8 Å². The van der Waals surface area contributed by atoms with Crippen LogP contribution in [-0.4, -0.2) is 29.2 Å². The van der Waals surface area contributed by atoms with Crippen LogP contribution in [0.15, 0.2) is 42.5 Å². The largest absolute Gasteiger partial charge is 0.325 e. The van der Waals surface area contributed by atoms with Gasteiger partial charge in [-0.2, -0.15) is 0 Å². The highest BCUT2D eigenvalue weighted by atomic mass is 19.1. The van der Waals surface area contributed by atoms with Gasteiger partial charge in [0.25, 0.3) is 5.91 Å². The first-order valence-electron chi connectivity index (χ1n) is 9.17. The smallest absolute Gasteiger partial charge is 0.319 e. The fourth-order valence-corrected chi connectivity index (χ4v) is 3.29. The van der Waals surface area contributed by atoms with Gasteiger partial charge in [-0.1, -0.05) is 45.0 Å². The molecule has 1 aliphatic rings. The van der Waals surface area contributed by atoms with Crippen molar-refractivity contribution in [2.75, 3.05) is 6.54 Å². The van der Waals surface area contributed by atoms with Gasteiger partial charge < -0.3 is 5.32 Å². The molecule has 7 heteroatoms. The lowest BCUT2D eigenvalue weighted by Gasteiger charge is -2.22. The molecule has 1 heterocycles. The van der Waals surface area contributed by atoms with Gasteiger partial charge >= 0.3 is 6.03 Å². The highest BCUT2D eigenvalue weighted by Gasteiger charge is 2.50. The van der Waals surface area contributed by atoms with Crippen molar-refractivity contribution in [3.8, 4) is 0 Å². The van der Waals surface area contributed by atoms with Crippen LogP contribution in [0.1, 0.15) is 49.2 Å². The molecule has 5 nitrogen and oxygen atoms in total. The van der Waals surface area contributed by atoms with E-state index in [9.17, 15) is 23.2 Å². The summed E-state index contributed by atoms with van der Waals surface area (Å²) in [5.41, 5.74) is -0.772. The Bertz CT molecular complexity index is 996. The highest BCUT2D eigenvalue weighted by Crippen LogP contribution is 2.31. The number of hydrogen-bond donors (Lipinski definition) is 1. The molecule has 0 aliphatic carbocycles. The molecule has 0 bridgehead atoms. The molecule has 2 aromatic carbocycles. The SMILES string of the molecule is CC(C)(C)c1ccc(C(=O)CN2C(=O)N[C@@](C)(c3cc(F)ccc3F)C2=O)cc1. The van der Waals surface area contributed by atoms with E-state index in [2.05, 4.69) is 5.32 Å². The Morgan fingerprint density at radius 1 is 1.07 bits per heavy atom. The summed E-state index contributed by atoms with van der Waals surface area (Å²) < 4.78 is 27.8. The fourth-order valence-electron chi connectivity index (χ4n) is 3.29. The molecule has 152 valence electrons. The number of urea groups is 1. The summed E-state index contributed by atoms with van der Waals surface area (Å²) in [7, 11) is 0. The van der Waals surface area contributed by atoms with Crippen LogP contribution < -0.4 is 5.32 Å². The van der Waals surface area contributed by atoms with Crippen LogP contribution in [-0.2, 0) is 15.7 Å². The van der Waals surface area contributed by atoms with Crippen LogP contribution in [0.3, 0.4) is 0 Å². The van der Waals surface area contributed by atoms with E-state index in [1.54, 1.807) is 12.1 Å². The number of benzene rings is 2. The Morgan fingerprint density at radius 3 is 2.28 bits per heavy atom. The minimum Gasteiger partial charge on any atom is -0.319 e. The van der Waals surface area contributed by atoms with Crippen LogP contribution in [0.25, 0.3) is 0 Å². The zero-order valence-electron chi connectivity index (χ0n) is 16.7. The van der Waals surface area contributed by atoms with E-state index in [0.29, 0.717) is 5.56 Å². The third-order valence-electron chi connectivity index (χ3n) is 5.12. The molecule has 1 aliphatic heterocycles. The van der Waals surface area contributed by atoms with Gasteiger partial charge in [0, 0.05) is 11.1 Å². The number of imide groups is 1. The van der Waals surface area contributed by atoms with Gasteiger partial charge in [-0.3, -0.25) is 14.5 Å². The van der Waals surface area contributed by atoms with Crippen LogP contribution in [0.5, 0.6) is 0 Å². The first-order chi connectivity index (χ1) is 13.4. The van der Waals surface area contributed by atoms with Crippen LogP contribution >= 0.6 is 0 Å². The molecule has 1 fully saturated rings. The summed E-state index contributed by atoms with van der Waals surface area (Å²) in [6.07, 6.45) is 0. The predicted molar refractivity (Wildman–Crippen MR) is 103 cm³/mol. The van der Waals surface area contributed by atoms with Crippen molar-refractivity contribution >= 4 is 17.7 Å². The second kappa shape index (κ2) is 7.06. The standard InChI is InChI=1S/C22H22F2N2O3/c1-21(2,3)14-7-5-13(6-8-14)18(27)12-26-19(28)22(4,25-20(26)29)16-11-15(23)9-10-17(16)24/h5-11H,12H2,1-4H3,(H,25,29)/t22-/m0/s1. The highest BCUT2D eigenvalue weighted by molar-refractivity contribution is 6.11. The Balaban J connectivity index is 1.83. The summed E-state index contributed by atoms with van der Waals surface area (Å²) in [5.74, 6) is -2.81. The molecule has 0 unspecified atom stereocenters. The number of halogens is 2. The van der Waals surface area contributed by atoms with Gasteiger partial charge in [0.2, 0.25) is 0 Å². The van der Waals surface area contributed by atoms with E-state index < -0.39 is 41.4 Å². The normalized spacial score (nSPS) is 19.4. The lowest BCUT2D eigenvalue weighted by atomic mass is 9.86. The Kier molecular flexibility index (Phi) is 5.03. The van der Waals surface area contributed by atoms with Crippen molar-refractivity contribution in [2.24, 2.45) is 0 Å². The van der Waals surface area contributed by atoms with Crippen molar-refractivity contribution < 1.29 is 23.2 Å². The summed E-state index contributed by atoms with van der Waals surface area (Å²) in [4.78, 5) is 38.5. The predicted octanol–water partition coefficient (Wildman–Crippen LogP) is 3.91. The molecule has 0 saturated carbocycles. The zero-order chi connectivity index (χ0) is 21.6. The number of amides is 3. The molecule has 0 spiro atoms. The third-order valence-corrected chi connectivity index (χ3v) is 5.12. The maximum atomic E-state index is 14.2. The van der Waals surface area contributed by atoms with Crippen molar-refractivity contribution in [1.82, 2.24) is 10.2 Å². The van der Waals surface area contributed by atoms with Gasteiger partial charge in [0.15, 0.2) is 5.78 Å². The number of ketones is 1. The Morgan fingerprint density at radius 2 is 1.69 bits per heavy atom. The Labute approximate surface area is 167 Å². The molecule has 29 heavy (non-hydrogen) atoms. The topological polar surface area (TPSA) is 66.5 Å². The van der Waals surface area contributed by atoms with Crippen molar-refractivity contribution in [2.45, 2.75) is 38.6 Å². The molecule has 3 amide bonds. The lowest BCUT2D eigenvalue weighted by molar-refractivity contribution is -0.130. The second-order valence-corrected chi connectivity index (χ2v) is 8.32. The minimum atomic E-state index is -1.79. The summed E-state index contributed by atoms with van der Waals surface area (Å²) in [6, 6.07) is 8.78. The first-order valence-corrected chi connectivity index (χ1v) is 9.17. The molecular formula is C22H22F2N2O3. The maximum absolute atomic E-state index is 14.2. The third kappa shape index (κ3) is 3.77. The molecule has 1 N–H and O–H groups in total. The average Bonchev–Trinajstić information content (AvgIpc) is 2.87. The number of nitrogens with one attached hydrogen (secondary N) is 1. The first kappa shape index (κ1) is 20.6. The van der Waals surface area contributed by atoms with Gasteiger partial charge in [-0.25, -0.2) is 13.6 Å². The van der Waals surface area contributed by atoms with E-state index >= 15 is 0 Å². The molecular weight excluding hydrogens is 378 g/mol. The van der Waals surface area contributed by atoms with E-state index in [4.69, 9.17) is 0 Å². The van der Waals surface area contributed by atoms with E-state index in [-0.39, 0.29) is 11.0 Å². The van der Waals surface area contributed by atoms with Crippen molar-refractivity contribution in [3.63, 3.8) is 0 Å². The van der Waals surface area contributed by atoms with Gasteiger partial charge in [0.1, 0.15) is 17.2 Å². The molecule has 1 atom stereocenters. The van der Waals surface area contributed by atoms with E-state index in [1.165, 1.54) is 6.92 Å². The number of Topliss-reactive ketones (excluding diaryl/α,β-unsaturated/α-hetero) is 1. The van der Waals surface area contributed by atoms with E-state index in [1.807, 2.05) is 32.9 Å². The van der Waals surface area contributed by atoms with Crippen molar-refractivity contribution in [1.29, 1.82) is 0 Å². The summed E-state index contributed by atoms with van der Waals surface area (Å²) in [5, 5.41) is 2.38. The zero-order valence-corrected chi connectivity index (χ0v) is 16.7. The Hall–Kier alpha value is -3.09. The number of carbonyl (C=O) groups excluding carboxylic acids is 3. The molecule has 1 saturated heterocycles. The van der Waals surface area contributed by atoms with Gasteiger partial charge in [-0.15, -0.1) is 0 Å². The maximum Gasteiger partial charge on any atom is 0.325 e. The molecule has 3 rings (SSSR count). The number of carbonyl (C=O) groups is 3. The minimum absolute atomic E-state index is 0.0801. The fraction of sp³-hybridized carbons (Fsp3) is 0.318. The quantitative estimate of drug-likeness (QED) is 0.625. The molecule has 0 radical (unpaired) electrons. The average molecular weight is 400 g/mol. The van der Waals surface area contributed by atoms with Crippen LogP contribution in [0, 0.1) is 11.6 Å². The van der Waals surface area contributed by atoms with Crippen LogP contribution in [0.4, 0.5) is 13.6 Å². The summed E-state index contributed by atoms with van der Waals surface area (Å²) >= 11 is 0.